The van der Waals surface area contributed by atoms with Crippen LogP contribution in [0.1, 0.15) is 38.7 Å². The zero-order valence-electron chi connectivity index (χ0n) is 11.5. The lowest BCUT2D eigenvalue weighted by Gasteiger charge is -2.12. The van der Waals surface area contributed by atoms with E-state index in [2.05, 4.69) is 25.7 Å². The highest BCUT2D eigenvalue weighted by Crippen LogP contribution is 2.17. The second-order valence-corrected chi connectivity index (χ2v) is 4.97. The van der Waals surface area contributed by atoms with Crippen molar-refractivity contribution in [1.82, 2.24) is 0 Å². The summed E-state index contributed by atoms with van der Waals surface area (Å²) >= 11 is 5.51. The summed E-state index contributed by atoms with van der Waals surface area (Å²) in [5.74, 6) is 6.74. The number of benzene rings is 1. The van der Waals surface area contributed by atoms with Crippen molar-refractivity contribution in [2.75, 3.05) is 12.5 Å². The maximum absolute atomic E-state index is 13.7. The molecule has 0 saturated heterocycles. The van der Waals surface area contributed by atoms with Crippen molar-refractivity contribution in [3.05, 3.63) is 29.6 Å². The summed E-state index contributed by atoms with van der Waals surface area (Å²) < 4.78 is 19.3. The SMILES string of the molecule is CCCC(C)COc1ccc(C#CCCCl)c(F)c1. The molecule has 1 aromatic carbocycles. The van der Waals surface area contributed by atoms with Crippen LogP contribution in [0.4, 0.5) is 4.39 Å². The molecule has 1 aromatic rings. The first-order valence-electron chi connectivity index (χ1n) is 6.64. The predicted octanol–water partition coefficient (Wildman–Crippen LogP) is 4.62. The van der Waals surface area contributed by atoms with Gasteiger partial charge in [0.2, 0.25) is 0 Å². The molecular weight excluding hydrogens is 263 g/mol. The molecule has 0 aliphatic rings. The van der Waals surface area contributed by atoms with Gasteiger partial charge in [0.1, 0.15) is 11.6 Å². The Kier molecular flexibility index (Phi) is 7.36. The van der Waals surface area contributed by atoms with Gasteiger partial charge in [0, 0.05) is 18.4 Å². The van der Waals surface area contributed by atoms with Gasteiger partial charge in [-0.15, -0.1) is 11.6 Å². The van der Waals surface area contributed by atoms with Gasteiger partial charge >= 0.3 is 0 Å². The van der Waals surface area contributed by atoms with Crippen LogP contribution in [0.2, 0.25) is 0 Å². The highest BCUT2D eigenvalue weighted by atomic mass is 35.5. The topological polar surface area (TPSA) is 9.23 Å². The molecule has 0 amide bonds. The van der Waals surface area contributed by atoms with Crippen LogP contribution in [0.15, 0.2) is 18.2 Å². The molecule has 19 heavy (non-hydrogen) atoms. The van der Waals surface area contributed by atoms with Crippen molar-refractivity contribution < 1.29 is 9.13 Å². The molecule has 0 radical (unpaired) electrons. The zero-order chi connectivity index (χ0) is 14.1. The molecule has 1 rings (SSSR count). The van der Waals surface area contributed by atoms with Crippen LogP contribution in [0.3, 0.4) is 0 Å². The van der Waals surface area contributed by atoms with Gasteiger partial charge in [0.05, 0.1) is 12.2 Å². The van der Waals surface area contributed by atoms with Gasteiger partial charge in [-0.3, -0.25) is 0 Å². The van der Waals surface area contributed by atoms with E-state index >= 15 is 0 Å². The third-order valence-electron chi connectivity index (χ3n) is 2.70. The summed E-state index contributed by atoms with van der Waals surface area (Å²) in [5.41, 5.74) is 0.388. The summed E-state index contributed by atoms with van der Waals surface area (Å²) in [4.78, 5) is 0. The Bertz CT molecular complexity index is 448. The molecule has 0 aliphatic heterocycles. The summed E-state index contributed by atoms with van der Waals surface area (Å²) in [5, 5.41) is 0. The average Bonchev–Trinajstić information content (AvgIpc) is 2.39. The van der Waals surface area contributed by atoms with E-state index in [4.69, 9.17) is 16.3 Å². The normalized spacial score (nSPS) is 11.6. The first-order chi connectivity index (χ1) is 9.17. The largest absolute Gasteiger partial charge is 0.493 e. The maximum atomic E-state index is 13.7. The third-order valence-corrected chi connectivity index (χ3v) is 2.89. The average molecular weight is 283 g/mol. The molecule has 104 valence electrons. The quantitative estimate of drug-likeness (QED) is 0.546. The minimum absolute atomic E-state index is 0.345. The summed E-state index contributed by atoms with van der Waals surface area (Å²) in [6, 6.07) is 4.80. The first-order valence-corrected chi connectivity index (χ1v) is 7.18. The maximum Gasteiger partial charge on any atom is 0.142 e. The molecule has 0 heterocycles. The Labute approximate surface area is 120 Å². The molecule has 1 atom stereocenters. The summed E-state index contributed by atoms with van der Waals surface area (Å²) in [7, 11) is 0. The highest BCUT2D eigenvalue weighted by molar-refractivity contribution is 6.18. The van der Waals surface area contributed by atoms with Crippen LogP contribution in [0.25, 0.3) is 0 Å². The Hall–Kier alpha value is -1.20. The number of hydrogen-bond donors (Lipinski definition) is 0. The van der Waals surface area contributed by atoms with Gasteiger partial charge in [-0.2, -0.15) is 0 Å². The lowest BCUT2D eigenvalue weighted by atomic mass is 10.1. The minimum Gasteiger partial charge on any atom is -0.493 e. The van der Waals surface area contributed by atoms with E-state index < -0.39 is 0 Å². The molecule has 3 heteroatoms. The van der Waals surface area contributed by atoms with E-state index in [-0.39, 0.29) is 5.82 Å². The van der Waals surface area contributed by atoms with Crippen molar-refractivity contribution in [3.8, 4) is 17.6 Å². The Morgan fingerprint density at radius 3 is 2.84 bits per heavy atom. The minimum atomic E-state index is -0.345. The Morgan fingerprint density at radius 2 is 2.21 bits per heavy atom. The van der Waals surface area contributed by atoms with E-state index in [0.717, 1.165) is 12.8 Å². The van der Waals surface area contributed by atoms with Gasteiger partial charge in [0.25, 0.3) is 0 Å². The van der Waals surface area contributed by atoms with E-state index in [0.29, 0.717) is 36.1 Å². The van der Waals surface area contributed by atoms with Gasteiger partial charge in [-0.1, -0.05) is 32.1 Å². The smallest absolute Gasteiger partial charge is 0.142 e. The predicted molar refractivity (Wildman–Crippen MR) is 78.2 cm³/mol. The number of alkyl halides is 1. The highest BCUT2D eigenvalue weighted by Gasteiger charge is 2.05. The standard InChI is InChI=1S/C16H20ClFO/c1-3-6-13(2)12-19-15-9-8-14(16(18)11-15)7-4-5-10-17/h8-9,11,13H,3,5-6,10,12H2,1-2H3. The fourth-order valence-electron chi connectivity index (χ4n) is 1.71. The van der Waals surface area contributed by atoms with Crippen molar-refractivity contribution >= 4 is 11.6 Å². The Morgan fingerprint density at radius 1 is 1.42 bits per heavy atom. The van der Waals surface area contributed by atoms with Crippen molar-refractivity contribution in [2.24, 2.45) is 5.92 Å². The van der Waals surface area contributed by atoms with Gasteiger partial charge in [-0.05, 0) is 24.5 Å². The number of hydrogen-bond acceptors (Lipinski definition) is 1. The van der Waals surface area contributed by atoms with E-state index in [1.165, 1.54) is 6.07 Å². The summed E-state index contributed by atoms with van der Waals surface area (Å²) in [6.45, 7) is 4.89. The lowest BCUT2D eigenvalue weighted by molar-refractivity contribution is 0.250. The van der Waals surface area contributed by atoms with Crippen LogP contribution in [0.5, 0.6) is 5.75 Å². The van der Waals surface area contributed by atoms with Crippen LogP contribution in [-0.4, -0.2) is 12.5 Å². The van der Waals surface area contributed by atoms with Crippen LogP contribution in [-0.2, 0) is 0 Å². The zero-order valence-corrected chi connectivity index (χ0v) is 12.3. The van der Waals surface area contributed by atoms with Gasteiger partial charge in [0.15, 0.2) is 0 Å². The van der Waals surface area contributed by atoms with Gasteiger partial charge < -0.3 is 4.74 Å². The molecule has 0 saturated carbocycles. The van der Waals surface area contributed by atoms with Crippen LogP contribution >= 0.6 is 11.6 Å². The van der Waals surface area contributed by atoms with Crippen molar-refractivity contribution in [1.29, 1.82) is 0 Å². The summed E-state index contributed by atoms with van der Waals surface area (Å²) in [6.07, 6.45) is 2.81. The molecule has 0 aromatic heterocycles. The van der Waals surface area contributed by atoms with Crippen molar-refractivity contribution in [2.45, 2.75) is 33.1 Å². The van der Waals surface area contributed by atoms with Crippen LogP contribution < -0.4 is 4.74 Å². The molecule has 1 unspecified atom stereocenters. The number of rotatable bonds is 6. The van der Waals surface area contributed by atoms with Gasteiger partial charge in [-0.25, -0.2) is 4.39 Å². The van der Waals surface area contributed by atoms with E-state index in [1.54, 1.807) is 12.1 Å². The number of ether oxygens (including phenoxy) is 1. The van der Waals surface area contributed by atoms with Crippen molar-refractivity contribution in [3.63, 3.8) is 0 Å². The second-order valence-electron chi connectivity index (χ2n) is 4.59. The third kappa shape index (κ3) is 5.98. The fourth-order valence-corrected chi connectivity index (χ4v) is 1.80. The molecule has 0 spiro atoms. The molecule has 0 fully saturated rings. The van der Waals surface area contributed by atoms with Crippen LogP contribution in [0, 0.1) is 23.6 Å². The second kappa shape index (κ2) is 8.82. The monoisotopic (exact) mass is 282 g/mol. The molecule has 0 bridgehead atoms. The van der Waals surface area contributed by atoms with E-state index in [9.17, 15) is 4.39 Å². The molecular formula is C16H20ClFO. The lowest BCUT2D eigenvalue weighted by Crippen LogP contribution is -2.08. The van der Waals surface area contributed by atoms with E-state index in [1.807, 2.05) is 0 Å². The molecule has 0 aliphatic carbocycles. The molecule has 1 nitrogen and oxygen atoms in total. The first kappa shape index (κ1) is 15.9. The molecule has 0 N–H and O–H groups in total. The number of halogens is 2. The Balaban J connectivity index is 2.59. The fraction of sp³-hybridized carbons (Fsp3) is 0.500.